The Hall–Kier alpha value is -2.31. The number of amides is 1. The Labute approximate surface area is 149 Å². The molecule has 1 aromatic carbocycles. The third-order valence-electron chi connectivity index (χ3n) is 3.39. The predicted octanol–water partition coefficient (Wildman–Crippen LogP) is 3.71. The number of carbonyl (C=O) groups is 1. The van der Waals surface area contributed by atoms with E-state index in [1.165, 1.54) is 0 Å². The second-order valence-electron chi connectivity index (χ2n) is 5.14. The number of hydrogen-bond donors (Lipinski definition) is 1. The van der Waals surface area contributed by atoms with Gasteiger partial charge in [-0.1, -0.05) is 53.5 Å². The van der Waals surface area contributed by atoms with Crippen molar-refractivity contribution in [2.45, 2.75) is 20.0 Å². The summed E-state index contributed by atoms with van der Waals surface area (Å²) in [7, 11) is 0. The molecule has 1 amide bonds. The number of rotatable bonds is 5. The zero-order valence-electron chi connectivity index (χ0n) is 12.9. The number of aromatic nitrogens is 4. The molecule has 0 fully saturated rings. The van der Waals surface area contributed by atoms with Gasteiger partial charge in [0.25, 0.3) is 5.91 Å². The summed E-state index contributed by atoms with van der Waals surface area (Å²) >= 11 is 12.2. The average Bonchev–Trinajstić information content (AvgIpc) is 3.11. The Morgan fingerprint density at radius 1 is 1.08 bits per heavy atom. The average molecular weight is 364 g/mol. The van der Waals surface area contributed by atoms with E-state index in [-0.39, 0.29) is 16.5 Å². The predicted molar refractivity (Wildman–Crippen MR) is 93.6 cm³/mol. The largest absolute Gasteiger partial charge is 0.302 e. The highest BCUT2D eigenvalue weighted by molar-refractivity contribution is 6.35. The van der Waals surface area contributed by atoms with E-state index in [0.717, 1.165) is 5.56 Å². The third kappa shape index (κ3) is 3.60. The van der Waals surface area contributed by atoms with Crippen LogP contribution in [-0.2, 0) is 13.1 Å². The Balaban J connectivity index is 1.75. The summed E-state index contributed by atoms with van der Waals surface area (Å²) in [4.78, 5) is 12.3. The molecule has 0 saturated heterocycles. The Morgan fingerprint density at radius 3 is 2.46 bits per heavy atom. The molecule has 3 rings (SSSR count). The molecule has 0 aliphatic carbocycles. The van der Waals surface area contributed by atoms with E-state index in [9.17, 15) is 4.79 Å². The van der Waals surface area contributed by atoms with Crippen LogP contribution in [0, 0.1) is 0 Å². The zero-order chi connectivity index (χ0) is 17.1. The minimum absolute atomic E-state index is 0.146. The SMILES string of the molecule is CCn1cc(Cl)c(C(=O)Nc2nn(Cc3ccccc3)cc2Cl)n1. The summed E-state index contributed by atoms with van der Waals surface area (Å²) in [5, 5.41) is 11.7. The molecule has 0 spiro atoms. The van der Waals surface area contributed by atoms with Gasteiger partial charge < -0.3 is 5.32 Å². The van der Waals surface area contributed by atoms with Gasteiger partial charge in [-0.2, -0.15) is 10.2 Å². The Morgan fingerprint density at radius 2 is 1.79 bits per heavy atom. The molecule has 0 aliphatic heterocycles. The smallest absolute Gasteiger partial charge is 0.278 e. The lowest BCUT2D eigenvalue weighted by Crippen LogP contribution is -2.15. The van der Waals surface area contributed by atoms with Crippen LogP contribution >= 0.6 is 23.2 Å². The monoisotopic (exact) mass is 363 g/mol. The van der Waals surface area contributed by atoms with Gasteiger partial charge in [0, 0.05) is 18.9 Å². The van der Waals surface area contributed by atoms with Gasteiger partial charge in [-0.15, -0.1) is 0 Å². The molecule has 0 atom stereocenters. The topological polar surface area (TPSA) is 64.7 Å². The highest BCUT2D eigenvalue weighted by Gasteiger charge is 2.18. The Kier molecular flexibility index (Phi) is 4.87. The van der Waals surface area contributed by atoms with Crippen LogP contribution in [0.1, 0.15) is 23.0 Å². The van der Waals surface area contributed by atoms with E-state index >= 15 is 0 Å². The van der Waals surface area contributed by atoms with E-state index in [4.69, 9.17) is 23.2 Å². The molecule has 0 bridgehead atoms. The summed E-state index contributed by atoms with van der Waals surface area (Å²) in [6, 6.07) is 9.84. The first-order valence-electron chi connectivity index (χ1n) is 7.38. The van der Waals surface area contributed by atoms with Gasteiger partial charge in [0.05, 0.1) is 11.6 Å². The highest BCUT2D eigenvalue weighted by Crippen LogP contribution is 2.22. The van der Waals surface area contributed by atoms with Gasteiger partial charge in [0.1, 0.15) is 5.02 Å². The maximum atomic E-state index is 12.3. The van der Waals surface area contributed by atoms with Crippen molar-refractivity contribution in [3.8, 4) is 0 Å². The van der Waals surface area contributed by atoms with E-state index in [1.807, 2.05) is 37.3 Å². The molecule has 0 radical (unpaired) electrons. The minimum atomic E-state index is -0.445. The molecular weight excluding hydrogens is 349 g/mol. The second kappa shape index (κ2) is 7.07. The van der Waals surface area contributed by atoms with Gasteiger partial charge in [-0.3, -0.25) is 14.2 Å². The van der Waals surface area contributed by atoms with Crippen molar-refractivity contribution in [3.63, 3.8) is 0 Å². The Bertz CT molecular complexity index is 857. The van der Waals surface area contributed by atoms with Crippen molar-refractivity contribution in [1.29, 1.82) is 0 Å². The fraction of sp³-hybridized carbons (Fsp3) is 0.188. The number of benzene rings is 1. The lowest BCUT2D eigenvalue weighted by molar-refractivity contribution is 0.102. The van der Waals surface area contributed by atoms with Crippen molar-refractivity contribution in [2.24, 2.45) is 0 Å². The van der Waals surface area contributed by atoms with Crippen LogP contribution in [0.5, 0.6) is 0 Å². The number of carbonyl (C=O) groups excluding carboxylic acids is 1. The number of nitrogens with one attached hydrogen (secondary N) is 1. The van der Waals surface area contributed by atoms with Crippen LogP contribution in [0.15, 0.2) is 42.7 Å². The molecule has 0 aliphatic rings. The first kappa shape index (κ1) is 16.5. The van der Waals surface area contributed by atoms with Crippen molar-refractivity contribution in [3.05, 3.63) is 64.0 Å². The van der Waals surface area contributed by atoms with Crippen LogP contribution in [0.3, 0.4) is 0 Å². The molecule has 8 heteroatoms. The molecule has 0 saturated carbocycles. The summed E-state index contributed by atoms with van der Waals surface area (Å²) in [5.41, 5.74) is 1.23. The van der Waals surface area contributed by atoms with Crippen molar-refractivity contribution >= 4 is 34.9 Å². The van der Waals surface area contributed by atoms with E-state index in [1.54, 1.807) is 21.8 Å². The van der Waals surface area contributed by atoms with Gasteiger partial charge in [0.2, 0.25) is 0 Å². The second-order valence-corrected chi connectivity index (χ2v) is 5.96. The van der Waals surface area contributed by atoms with E-state index in [0.29, 0.717) is 18.1 Å². The fourth-order valence-corrected chi connectivity index (χ4v) is 2.65. The van der Waals surface area contributed by atoms with Gasteiger partial charge in [-0.05, 0) is 12.5 Å². The van der Waals surface area contributed by atoms with Crippen molar-refractivity contribution in [2.75, 3.05) is 5.32 Å². The lowest BCUT2D eigenvalue weighted by atomic mass is 10.2. The first-order valence-corrected chi connectivity index (χ1v) is 8.13. The summed E-state index contributed by atoms with van der Waals surface area (Å²) in [6.45, 7) is 3.09. The molecule has 124 valence electrons. The molecule has 0 unspecified atom stereocenters. The van der Waals surface area contributed by atoms with Crippen LogP contribution in [0.4, 0.5) is 5.82 Å². The molecule has 2 aromatic heterocycles. The molecule has 3 aromatic rings. The standard InChI is InChI=1S/C16H15Cl2N5O/c1-2-22-9-12(17)14(20-22)16(24)19-15-13(18)10-23(21-15)8-11-6-4-3-5-7-11/h3-7,9-10H,2,8H2,1H3,(H,19,21,24). The fourth-order valence-electron chi connectivity index (χ4n) is 2.21. The highest BCUT2D eigenvalue weighted by atomic mass is 35.5. The zero-order valence-corrected chi connectivity index (χ0v) is 14.4. The van der Waals surface area contributed by atoms with Crippen LogP contribution in [-0.4, -0.2) is 25.5 Å². The molecule has 2 heterocycles. The van der Waals surface area contributed by atoms with Gasteiger partial charge in [-0.25, -0.2) is 0 Å². The van der Waals surface area contributed by atoms with Crippen LogP contribution in [0.25, 0.3) is 0 Å². The summed E-state index contributed by atoms with van der Waals surface area (Å²) in [6.07, 6.45) is 3.27. The maximum absolute atomic E-state index is 12.3. The molecule has 24 heavy (non-hydrogen) atoms. The number of aryl methyl sites for hydroxylation is 1. The van der Waals surface area contributed by atoms with Crippen LogP contribution in [0.2, 0.25) is 10.0 Å². The first-order chi connectivity index (χ1) is 11.6. The number of anilines is 1. The van der Waals surface area contributed by atoms with Crippen LogP contribution < -0.4 is 5.32 Å². The van der Waals surface area contributed by atoms with E-state index in [2.05, 4.69) is 15.5 Å². The van der Waals surface area contributed by atoms with Gasteiger partial charge >= 0.3 is 0 Å². The maximum Gasteiger partial charge on any atom is 0.278 e. The molecular formula is C16H15Cl2N5O. The third-order valence-corrected chi connectivity index (χ3v) is 3.95. The summed E-state index contributed by atoms with van der Waals surface area (Å²) < 4.78 is 3.26. The number of halogens is 2. The normalized spacial score (nSPS) is 10.8. The lowest BCUT2D eigenvalue weighted by Gasteiger charge is -2.02. The number of nitrogens with zero attached hydrogens (tertiary/aromatic N) is 4. The minimum Gasteiger partial charge on any atom is -0.302 e. The van der Waals surface area contributed by atoms with E-state index < -0.39 is 5.91 Å². The van der Waals surface area contributed by atoms with Crippen molar-refractivity contribution in [1.82, 2.24) is 19.6 Å². The molecule has 1 N–H and O–H groups in total. The van der Waals surface area contributed by atoms with Gasteiger partial charge in [0.15, 0.2) is 11.5 Å². The number of hydrogen-bond acceptors (Lipinski definition) is 3. The summed E-state index contributed by atoms with van der Waals surface area (Å²) in [5.74, 6) is -0.168. The quantitative estimate of drug-likeness (QED) is 0.751. The van der Waals surface area contributed by atoms with Crippen molar-refractivity contribution < 1.29 is 4.79 Å². The molecule has 6 nitrogen and oxygen atoms in total.